The van der Waals surface area contributed by atoms with Crippen LogP contribution in [0.5, 0.6) is 0 Å². The molecule has 6 heteroatoms. The maximum atomic E-state index is 12.2. The number of carbonyl (C=O) groups excluding carboxylic acids is 1. The number of carbonyl (C=O) groups is 1. The molecule has 1 atom stereocenters. The van der Waals surface area contributed by atoms with E-state index in [0.29, 0.717) is 6.42 Å². The van der Waals surface area contributed by atoms with Crippen LogP contribution in [0.25, 0.3) is 0 Å². The molecule has 0 aromatic heterocycles. The predicted molar refractivity (Wildman–Crippen MR) is 91.0 cm³/mol. The van der Waals surface area contributed by atoms with Crippen molar-refractivity contribution in [2.45, 2.75) is 38.0 Å². The second-order valence-corrected chi connectivity index (χ2v) is 8.99. The van der Waals surface area contributed by atoms with Crippen LogP contribution >= 0.6 is 0 Å². The van der Waals surface area contributed by atoms with Gasteiger partial charge in [-0.25, -0.2) is 8.42 Å². The number of nitrogens with one attached hydrogen (secondary N) is 1. The first-order chi connectivity index (χ1) is 9.95. The van der Waals surface area contributed by atoms with Gasteiger partial charge in [-0.2, -0.15) is 0 Å². The summed E-state index contributed by atoms with van der Waals surface area (Å²) in [7, 11) is 0.502. The van der Waals surface area contributed by atoms with Gasteiger partial charge in [-0.1, -0.05) is 12.1 Å². The van der Waals surface area contributed by atoms with Crippen LogP contribution in [0.4, 0.5) is 5.69 Å². The van der Waals surface area contributed by atoms with Gasteiger partial charge in [-0.05, 0) is 44.9 Å². The van der Waals surface area contributed by atoms with Crippen LogP contribution in [0, 0.1) is 0 Å². The molecule has 1 aromatic carbocycles. The third-order valence-electron chi connectivity index (χ3n) is 3.85. The first-order valence-corrected chi connectivity index (χ1v) is 9.11. The minimum absolute atomic E-state index is 0.140. The number of amides is 1. The smallest absolute Gasteiger partial charge is 0.241 e. The fourth-order valence-electron chi connectivity index (χ4n) is 1.90. The molecule has 0 aliphatic rings. The molecule has 0 radical (unpaired) electrons. The average Bonchev–Trinajstić information content (AvgIpc) is 2.37. The second-order valence-electron chi connectivity index (χ2n) is 6.42. The van der Waals surface area contributed by atoms with E-state index in [-0.39, 0.29) is 6.04 Å². The van der Waals surface area contributed by atoms with Crippen LogP contribution < -0.4 is 10.2 Å². The molecule has 0 unspecified atom stereocenters. The summed E-state index contributed by atoms with van der Waals surface area (Å²) in [4.78, 5) is 14.2. The quantitative estimate of drug-likeness (QED) is 0.863. The first-order valence-electron chi connectivity index (χ1n) is 7.22. The molecule has 0 fully saturated rings. The Morgan fingerprint density at radius 2 is 1.73 bits per heavy atom. The highest BCUT2D eigenvalue weighted by Gasteiger charge is 2.38. The summed E-state index contributed by atoms with van der Waals surface area (Å²) in [6, 6.07) is 7.92. The second kappa shape index (κ2) is 6.69. The molecular weight excluding hydrogens is 300 g/mol. The lowest BCUT2D eigenvalue weighted by atomic mass is 10.1. The summed E-state index contributed by atoms with van der Waals surface area (Å²) in [5.74, 6) is -0.465. The van der Waals surface area contributed by atoms with E-state index in [9.17, 15) is 13.2 Å². The summed E-state index contributed by atoms with van der Waals surface area (Å²) in [5, 5.41) is 2.78. The molecule has 0 saturated heterocycles. The van der Waals surface area contributed by atoms with Crippen LogP contribution in [-0.4, -0.2) is 45.5 Å². The number of nitrogens with zero attached hydrogens (tertiary/aromatic N) is 1. The van der Waals surface area contributed by atoms with Crippen molar-refractivity contribution in [3.63, 3.8) is 0 Å². The maximum absolute atomic E-state index is 12.2. The molecule has 1 aromatic rings. The van der Waals surface area contributed by atoms with Crippen molar-refractivity contribution in [2.75, 3.05) is 25.3 Å². The van der Waals surface area contributed by atoms with Crippen molar-refractivity contribution in [3.8, 4) is 0 Å². The Hall–Kier alpha value is -1.56. The molecule has 0 bridgehead atoms. The minimum Gasteiger partial charge on any atom is -0.378 e. The van der Waals surface area contributed by atoms with Crippen LogP contribution in [0.3, 0.4) is 0 Å². The molecule has 0 aliphatic heterocycles. The van der Waals surface area contributed by atoms with Crippen molar-refractivity contribution >= 4 is 21.4 Å². The van der Waals surface area contributed by atoms with Crippen molar-refractivity contribution in [1.82, 2.24) is 5.32 Å². The van der Waals surface area contributed by atoms with Gasteiger partial charge in [0, 0.05) is 32.1 Å². The molecule has 124 valence electrons. The van der Waals surface area contributed by atoms with E-state index in [1.54, 1.807) is 0 Å². The summed E-state index contributed by atoms with van der Waals surface area (Å²) in [6.07, 6.45) is 1.73. The normalized spacial score (nSPS) is 13.5. The molecule has 0 saturated carbocycles. The highest BCUT2D eigenvalue weighted by atomic mass is 32.2. The Kier molecular flexibility index (Phi) is 5.62. The fourth-order valence-corrected chi connectivity index (χ4v) is 2.30. The number of hydrogen-bond acceptors (Lipinski definition) is 4. The van der Waals surface area contributed by atoms with Gasteiger partial charge in [0.05, 0.1) is 0 Å². The maximum Gasteiger partial charge on any atom is 0.241 e. The van der Waals surface area contributed by atoms with E-state index >= 15 is 0 Å². The predicted octanol–water partition coefficient (Wildman–Crippen LogP) is 1.62. The van der Waals surface area contributed by atoms with Crippen LogP contribution in [0.2, 0.25) is 0 Å². The van der Waals surface area contributed by atoms with Gasteiger partial charge in [-0.3, -0.25) is 4.79 Å². The monoisotopic (exact) mass is 326 g/mol. The molecule has 22 heavy (non-hydrogen) atoms. The van der Waals surface area contributed by atoms with E-state index in [1.165, 1.54) is 13.8 Å². The summed E-state index contributed by atoms with van der Waals surface area (Å²) in [5.41, 5.74) is 2.20. The van der Waals surface area contributed by atoms with Crippen LogP contribution in [0.15, 0.2) is 24.3 Å². The molecular formula is C16H26N2O3S. The Morgan fingerprint density at radius 3 is 2.14 bits per heavy atom. The Balaban J connectivity index is 2.70. The number of sulfone groups is 1. The molecule has 5 nitrogen and oxygen atoms in total. The van der Waals surface area contributed by atoms with E-state index in [0.717, 1.165) is 17.5 Å². The zero-order chi connectivity index (χ0) is 17.1. The highest BCUT2D eigenvalue weighted by molar-refractivity contribution is 7.92. The summed E-state index contributed by atoms with van der Waals surface area (Å²) >= 11 is 0. The molecule has 0 heterocycles. The van der Waals surface area contributed by atoms with Gasteiger partial charge in [0.2, 0.25) is 5.91 Å². The molecule has 0 aliphatic carbocycles. The van der Waals surface area contributed by atoms with Gasteiger partial charge in [0.15, 0.2) is 9.84 Å². The molecule has 1 N–H and O–H groups in total. The lowest BCUT2D eigenvalue weighted by Crippen LogP contribution is -2.50. The number of hydrogen-bond donors (Lipinski definition) is 1. The molecule has 1 rings (SSSR count). The highest BCUT2D eigenvalue weighted by Crippen LogP contribution is 2.17. The summed E-state index contributed by atoms with van der Waals surface area (Å²) < 4.78 is 21.9. The van der Waals surface area contributed by atoms with Gasteiger partial charge in [-0.15, -0.1) is 0 Å². The van der Waals surface area contributed by atoms with E-state index in [2.05, 4.69) is 5.32 Å². The van der Waals surface area contributed by atoms with Gasteiger partial charge < -0.3 is 10.2 Å². The standard InChI is InChI=1S/C16H26N2O3S/c1-12(17-15(19)16(2,3)22(6,20)21)11-13-7-9-14(10-8-13)18(4)5/h7-10,12H,11H2,1-6H3,(H,17,19)/t12-/m0/s1. The Bertz CT molecular complexity index is 619. The fraction of sp³-hybridized carbons (Fsp3) is 0.562. The molecule has 1 amide bonds. The Labute approximate surface area is 133 Å². The number of anilines is 1. The van der Waals surface area contributed by atoms with Gasteiger partial charge in [0.1, 0.15) is 4.75 Å². The third-order valence-corrected chi connectivity index (χ3v) is 5.89. The van der Waals surface area contributed by atoms with Crippen molar-refractivity contribution in [3.05, 3.63) is 29.8 Å². The van der Waals surface area contributed by atoms with Crippen molar-refractivity contribution in [1.29, 1.82) is 0 Å². The number of benzene rings is 1. The topological polar surface area (TPSA) is 66.5 Å². The summed E-state index contributed by atoms with van der Waals surface area (Å²) in [6.45, 7) is 4.72. The third kappa shape index (κ3) is 4.47. The largest absolute Gasteiger partial charge is 0.378 e. The average molecular weight is 326 g/mol. The lowest BCUT2D eigenvalue weighted by molar-refractivity contribution is -0.123. The van der Waals surface area contributed by atoms with Gasteiger partial charge in [0.25, 0.3) is 0 Å². The molecule has 0 spiro atoms. The van der Waals surface area contributed by atoms with Crippen LogP contribution in [0.1, 0.15) is 26.3 Å². The van der Waals surface area contributed by atoms with Gasteiger partial charge >= 0.3 is 0 Å². The van der Waals surface area contributed by atoms with E-state index in [1.807, 2.05) is 50.2 Å². The van der Waals surface area contributed by atoms with Crippen molar-refractivity contribution < 1.29 is 13.2 Å². The van der Waals surface area contributed by atoms with E-state index < -0.39 is 20.5 Å². The zero-order valence-electron chi connectivity index (χ0n) is 14.2. The SMILES string of the molecule is C[C@@H](Cc1ccc(N(C)C)cc1)NC(=O)C(C)(C)S(C)(=O)=O. The Morgan fingerprint density at radius 1 is 1.23 bits per heavy atom. The van der Waals surface area contributed by atoms with E-state index in [4.69, 9.17) is 0 Å². The van der Waals surface area contributed by atoms with Crippen LogP contribution in [-0.2, 0) is 21.1 Å². The van der Waals surface area contributed by atoms with Crippen molar-refractivity contribution in [2.24, 2.45) is 0 Å². The number of rotatable bonds is 6. The zero-order valence-corrected chi connectivity index (χ0v) is 15.0. The minimum atomic E-state index is -3.45. The first kappa shape index (κ1) is 18.5. The lowest BCUT2D eigenvalue weighted by Gasteiger charge is -2.24.